The molecule has 1 N–H and O–H groups in total. The summed E-state index contributed by atoms with van der Waals surface area (Å²) in [5, 5.41) is 11.1. The normalized spacial score (nSPS) is 26.3. The first kappa shape index (κ1) is 18.8. The molecule has 0 radical (unpaired) electrons. The number of nitrogens with zero attached hydrogens (tertiary/aromatic N) is 2. The van der Waals surface area contributed by atoms with E-state index in [0.717, 1.165) is 12.1 Å². The Kier molecular flexibility index (Phi) is 3.87. The lowest BCUT2D eigenvalue weighted by Gasteiger charge is -2.44. The van der Waals surface area contributed by atoms with Gasteiger partial charge in [0.25, 0.3) is 0 Å². The Morgan fingerprint density at radius 2 is 1.86 bits per heavy atom. The van der Waals surface area contributed by atoms with Gasteiger partial charge in [-0.3, -0.25) is 4.79 Å². The molecule has 1 aromatic carbocycles. The standard InChI is InChI=1S/C20H19F4N3O/c1-18(2)7-14-16(15(28)8-18)19(3,12-9-25-27-17(12)26-14)11-6-10(20(22,23)24)4-5-13(11)21/h4-6,26H,7-9H2,1-3H3. The van der Waals surface area contributed by atoms with Crippen molar-refractivity contribution in [1.82, 2.24) is 5.32 Å². The summed E-state index contributed by atoms with van der Waals surface area (Å²) in [6, 6.07) is 2.33. The van der Waals surface area contributed by atoms with Crippen LogP contribution in [-0.2, 0) is 16.4 Å². The highest BCUT2D eigenvalue weighted by atomic mass is 19.4. The van der Waals surface area contributed by atoms with Crippen LogP contribution >= 0.6 is 0 Å². The van der Waals surface area contributed by atoms with Gasteiger partial charge in [0.05, 0.1) is 17.5 Å². The molecule has 0 aromatic heterocycles. The summed E-state index contributed by atoms with van der Waals surface area (Å²) in [7, 11) is 0. The molecule has 2 aliphatic heterocycles. The highest BCUT2D eigenvalue weighted by Gasteiger charge is 2.51. The van der Waals surface area contributed by atoms with Crippen LogP contribution in [0.25, 0.3) is 0 Å². The fraction of sp³-hybridized carbons (Fsp3) is 0.450. The molecule has 1 atom stereocenters. The molecule has 4 rings (SSSR count). The molecule has 4 nitrogen and oxygen atoms in total. The SMILES string of the molecule is CC1(C)CC(=O)C2=C(C1)NC1=C(CN=N1)C2(C)c1cc(C(F)(F)F)ccc1F. The van der Waals surface area contributed by atoms with Crippen molar-refractivity contribution >= 4 is 5.78 Å². The molecule has 148 valence electrons. The maximum Gasteiger partial charge on any atom is 0.416 e. The van der Waals surface area contributed by atoms with Crippen LogP contribution in [0.15, 0.2) is 51.1 Å². The average Bonchev–Trinajstić information content (AvgIpc) is 3.01. The third kappa shape index (κ3) is 2.69. The van der Waals surface area contributed by atoms with E-state index in [1.165, 1.54) is 0 Å². The van der Waals surface area contributed by atoms with Gasteiger partial charge in [0.15, 0.2) is 11.6 Å². The fourth-order valence-corrected chi connectivity index (χ4v) is 4.49. The van der Waals surface area contributed by atoms with Crippen LogP contribution < -0.4 is 5.32 Å². The van der Waals surface area contributed by atoms with Crippen LogP contribution in [-0.4, -0.2) is 12.3 Å². The number of dihydropyridines is 1. The van der Waals surface area contributed by atoms with Crippen LogP contribution in [0.2, 0.25) is 0 Å². The Morgan fingerprint density at radius 3 is 2.54 bits per heavy atom. The first-order chi connectivity index (χ1) is 12.9. The maximum absolute atomic E-state index is 14.9. The predicted molar refractivity (Wildman–Crippen MR) is 93.7 cm³/mol. The molecule has 0 fully saturated rings. The Bertz CT molecular complexity index is 988. The minimum Gasteiger partial charge on any atom is -0.342 e. The summed E-state index contributed by atoms with van der Waals surface area (Å²) in [5.74, 6) is -0.597. The predicted octanol–water partition coefficient (Wildman–Crippen LogP) is 5.03. The van der Waals surface area contributed by atoms with Gasteiger partial charge in [-0.15, -0.1) is 5.11 Å². The molecule has 3 aliphatic rings. The molecule has 0 amide bonds. The van der Waals surface area contributed by atoms with Gasteiger partial charge in [-0.05, 0) is 37.0 Å². The zero-order valence-corrected chi connectivity index (χ0v) is 15.7. The molecule has 0 bridgehead atoms. The monoisotopic (exact) mass is 393 g/mol. The van der Waals surface area contributed by atoms with E-state index in [2.05, 4.69) is 15.5 Å². The number of halogens is 4. The number of nitrogens with one attached hydrogen (secondary N) is 1. The lowest BCUT2D eigenvalue weighted by atomic mass is 9.61. The van der Waals surface area contributed by atoms with Crippen LogP contribution in [0.1, 0.15) is 44.7 Å². The largest absolute Gasteiger partial charge is 0.416 e. The second kappa shape index (κ2) is 5.75. The molecule has 28 heavy (non-hydrogen) atoms. The van der Waals surface area contributed by atoms with Crippen LogP contribution in [0.5, 0.6) is 0 Å². The first-order valence-electron chi connectivity index (χ1n) is 8.96. The number of alkyl halides is 3. The van der Waals surface area contributed by atoms with Gasteiger partial charge in [0, 0.05) is 28.8 Å². The minimum absolute atomic E-state index is 0.0992. The number of carbonyl (C=O) groups excluding carboxylic acids is 1. The number of rotatable bonds is 1. The van der Waals surface area contributed by atoms with E-state index in [9.17, 15) is 22.4 Å². The van der Waals surface area contributed by atoms with Gasteiger partial charge in [-0.2, -0.15) is 18.3 Å². The Balaban J connectivity index is 1.99. The number of carbonyl (C=O) groups is 1. The summed E-state index contributed by atoms with van der Waals surface area (Å²) < 4.78 is 54.8. The van der Waals surface area contributed by atoms with E-state index in [4.69, 9.17) is 0 Å². The van der Waals surface area contributed by atoms with Gasteiger partial charge in [-0.25, -0.2) is 4.39 Å². The molecule has 2 heterocycles. The van der Waals surface area contributed by atoms with Gasteiger partial charge >= 0.3 is 6.18 Å². The fourth-order valence-electron chi connectivity index (χ4n) is 4.49. The third-order valence-electron chi connectivity index (χ3n) is 5.77. The molecule has 1 unspecified atom stereocenters. The Morgan fingerprint density at radius 1 is 1.14 bits per heavy atom. The Hall–Kier alpha value is -2.51. The van der Waals surface area contributed by atoms with Crippen LogP contribution in [0.3, 0.4) is 0 Å². The smallest absolute Gasteiger partial charge is 0.342 e. The summed E-state index contributed by atoms with van der Waals surface area (Å²) in [6.07, 6.45) is -3.87. The molecular weight excluding hydrogens is 374 g/mol. The number of benzene rings is 1. The van der Waals surface area contributed by atoms with Gasteiger partial charge in [0.1, 0.15) is 5.82 Å². The molecule has 1 aliphatic carbocycles. The van der Waals surface area contributed by atoms with E-state index in [0.29, 0.717) is 35.2 Å². The van der Waals surface area contributed by atoms with Crippen molar-refractivity contribution in [2.45, 2.75) is 45.2 Å². The number of Topliss-reactive ketones (excluding diaryl/α,β-unsaturated/α-hetero) is 1. The van der Waals surface area contributed by atoms with Crippen LogP contribution in [0.4, 0.5) is 17.6 Å². The molecule has 0 saturated heterocycles. The lowest BCUT2D eigenvalue weighted by molar-refractivity contribution is -0.137. The van der Waals surface area contributed by atoms with E-state index >= 15 is 0 Å². The number of allylic oxidation sites excluding steroid dienone is 2. The van der Waals surface area contributed by atoms with E-state index < -0.39 is 23.0 Å². The first-order valence-corrected chi connectivity index (χ1v) is 8.96. The summed E-state index contributed by atoms with van der Waals surface area (Å²) in [4.78, 5) is 13.1. The van der Waals surface area contributed by atoms with Crippen molar-refractivity contribution in [2.24, 2.45) is 15.6 Å². The maximum atomic E-state index is 14.9. The zero-order valence-electron chi connectivity index (χ0n) is 15.7. The van der Waals surface area contributed by atoms with Crippen molar-refractivity contribution in [3.63, 3.8) is 0 Å². The highest BCUT2D eigenvalue weighted by molar-refractivity contribution is 6.01. The van der Waals surface area contributed by atoms with Crippen molar-refractivity contribution in [2.75, 3.05) is 6.54 Å². The number of hydrogen-bond donors (Lipinski definition) is 1. The van der Waals surface area contributed by atoms with Crippen molar-refractivity contribution in [3.8, 4) is 0 Å². The average molecular weight is 393 g/mol. The number of hydrogen-bond acceptors (Lipinski definition) is 4. The van der Waals surface area contributed by atoms with Crippen molar-refractivity contribution < 1.29 is 22.4 Å². The minimum atomic E-state index is -4.62. The molecular formula is C20H19F4N3O. The van der Waals surface area contributed by atoms with E-state index in [-0.39, 0.29) is 29.7 Å². The van der Waals surface area contributed by atoms with E-state index in [1.807, 2.05) is 13.8 Å². The molecule has 1 aromatic rings. The summed E-state index contributed by atoms with van der Waals surface area (Å²) in [5.41, 5.74) is -1.40. The number of ketones is 1. The second-order valence-corrected chi connectivity index (χ2v) is 8.46. The zero-order chi connectivity index (χ0) is 20.5. The quantitative estimate of drug-likeness (QED) is 0.681. The van der Waals surface area contributed by atoms with Crippen molar-refractivity contribution in [3.05, 3.63) is 57.8 Å². The summed E-state index contributed by atoms with van der Waals surface area (Å²) in [6.45, 7) is 5.59. The number of azo groups is 1. The van der Waals surface area contributed by atoms with E-state index in [1.54, 1.807) is 6.92 Å². The summed E-state index contributed by atoms with van der Waals surface area (Å²) >= 11 is 0. The van der Waals surface area contributed by atoms with Gasteiger partial charge in [-0.1, -0.05) is 13.8 Å². The molecule has 0 saturated carbocycles. The van der Waals surface area contributed by atoms with Crippen molar-refractivity contribution in [1.29, 1.82) is 0 Å². The Labute approximate surface area is 159 Å². The van der Waals surface area contributed by atoms with Crippen LogP contribution in [0, 0.1) is 11.2 Å². The molecule has 8 heteroatoms. The highest BCUT2D eigenvalue weighted by Crippen LogP contribution is 2.52. The second-order valence-electron chi connectivity index (χ2n) is 8.46. The van der Waals surface area contributed by atoms with Gasteiger partial charge < -0.3 is 5.32 Å². The molecule has 0 spiro atoms. The topological polar surface area (TPSA) is 53.8 Å². The third-order valence-corrected chi connectivity index (χ3v) is 5.77. The lowest BCUT2D eigenvalue weighted by Crippen LogP contribution is -2.45. The van der Waals surface area contributed by atoms with Gasteiger partial charge in [0.2, 0.25) is 0 Å².